The van der Waals surface area contributed by atoms with Gasteiger partial charge in [0.2, 0.25) is 29.6 Å². The predicted molar refractivity (Wildman–Crippen MR) is 161 cm³/mol. The zero-order valence-electron chi connectivity index (χ0n) is 23.4. The van der Waals surface area contributed by atoms with Crippen molar-refractivity contribution in [3.8, 4) is 6.07 Å². The molecule has 4 N–H and O–H groups in total. The highest BCUT2D eigenvalue weighted by Crippen LogP contribution is 2.39. The van der Waals surface area contributed by atoms with Gasteiger partial charge in [-0.2, -0.15) is 10.2 Å². The van der Waals surface area contributed by atoms with Crippen LogP contribution < -0.4 is 16.4 Å². The van der Waals surface area contributed by atoms with Crippen molar-refractivity contribution in [3.05, 3.63) is 33.9 Å². The first-order chi connectivity index (χ1) is 20.7. The number of benzene rings is 1. The van der Waals surface area contributed by atoms with E-state index in [9.17, 15) is 19.6 Å². The third-order valence-corrected chi connectivity index (χ3v) is 9.39. The average molecular weight is 625 g/mol. The first kappa shape index (κ1) is 29.1. The number of primary amides is 1. The minimum atomic E-state index is -0.287. The van der Waals surface area contributed by atoms with Crippen LogP contribution in [0.1, 0.15) is 75.8 Å². The molecule has 12 nitrogen and oxygen atoms in total. The Morgan fingerprint density at radius 2 is 1.58 bits per heavy atom. The third-order valence-electron chi connectivity index (χ3n) is 8.79. The van der Waals surface area contributed by atoms with E-state index in [1.54, 1.807) is 6.20 Å². The lowest BCUT2D eigenvalue weighted by Gasteiger charge is -2.33. The van der Waals surface area contributed by atoms with Gasteiger partial charge in [0.15, 0.2) is 5.65 Å². The zero-order valence-corrected chi connectivity index (χ0v) is 24.9. The van der Waals surface area contributed by atoms with Gasteiger partial charge in [-0.3, -0.25) is 23.9 Å². The molecule has 3 fully saturated rings. The Morgan fingerprint density at radius 1 is 0.953 bits per heavy atom. The smallest absolute Gasteiger partial charge is 0.229 e. The Labute approximate surface area is 257 Å². The lowest BCUT2D eigenvalue weighted by Crippen LogP contribution is -2.43. The molecule has 3 aliphatic rings. The fourth-order valence-corrected chi connectivity index (χ4v) is 7.13. The molecule has 43 heavy (non-hydrogen) atoms. The van der Waals surface area contributed by atoms with Crippen LogP contribution in [-0.4, -0.2) is 54.2 Å². The van der Waals surface area contributed by atoms with Crippen LogP contribution in [-0.2, 0) is 14.4 Å². The lowest BCUT2D eigenvalue weighted by atomic mass is 9.85. The van der Waals surface area contributed by atoms with Crippen molar-refractivity contribution in [2.45, 2.75) is 82.3 Å². The first-order valence-electron chi connectivity index (χ1n) is 14.5. The van der Waals surface area contributed by atoms with E-state index in [0.29, 0.717) is 72.8 Å². The fraction of sp³-hybridized carbons (Fsp3) is 0.483. The molecule has 1 aliphatic heterocycles. The topological polar surface area (TPSA) is 172 Å². The SMILES string of the molecule is N#Cc1cc(Cl)c(Nc2nc3cnc(NC4CCC(N5C(=O)CCC5=O)CC4)nc3n2[C@H]2CC[C@@H](C(N)=O)CC2)c(Cl)c1. The molecule has 3 aromatic rings. The maximum Gasteiger partial charge on any atom is 0.229 e. The number of anilines is 3. The molecular formula is C29H31Cl2N9O3. The van der Waals surface area contributed by atoms with Gasteiger partial charge in [0, 0.05) is 36.9 Å². The first-order valence-corrected chi connectivity index (χ1v) is 15.3. The van der Waals surface area contributed by atoms with Crippen LogP contribution in [0.15, 0.2) is 18.3 Å². The molecule has 0 radical (unpaired) electrons. The van der Waals surface area contributed by atoms with Crippen LogP contribution in [0.4, 0.5) is 17.6 Å². The number of carbonyl (C=O) groups excluding carboxylic acids is 3. The van der Waals surface area contributed by atoms with Crippen LogP contribution in [0.3, 0.4) is 0 Å². The Hall–Kier alpha value is -3.95. The van der Waals surface area contributed by atoms with E-state index in [2.05, 4.69) is 15.6 Å². The number of nitrogens with one attached hydrogen (secondary N) is 2. The monoisotopic (exact) mass is 623 g/mol. The van der Waals surface area contributed by atoms with Crippen LogP contribution in [0.25, 0.3) is 11.2 Å². The molecule has 2 saturated carbocycles. The normalized spacial score (nSPS) is 24.3. The molecule has 14 heteroatoms. The molecule has 1 saturated heterocycles. The molecule has 3 heterocycles. The van der Waals surface area contributed by atoms with Gasteiger partial charge in [0.25, 0.3) is 0 Å². The molecule has 2 aromatic heterocycles. The van der Waals surface area contributed by atoms with E-state index in [1.165, 1.54) is 17.0 Å². The molecule has 2 aliphatic carbocycles. The van der Waals surface area contributed by atoms with E-state index in [0.717, 1.165) is 25.7 Å². The second kappa shape index (κ2) is 12.0. The van der Waals surface area contributed by atoms with Crippen molar-refractivity contribution in [1.82, 2.24) is 24.4 Å². The van der Waals surface area contributed by atoms with Crippen molar-refractivity contribution in [3.63, 3.8) is 0 Å². The average Bonchev–Trinajstić information content (AvgIpc) is 3.53. The number of carbonyl (C=O) groups is 3. The van der Waals surface area contributed by atoms with Crippen molar-refractivity contribution < 1.29 is 14.4 Å². The molecule has 0 spiro atoms. The number of imidazole rings is 1. The maximum atomic E-state index is 12.2. The predicted octanol–water partition coefficient (Wildman–Crippen LogP) is 4.84. The summed E-state index contributed by atoms with van der Waals surface area (Å²) in [5.74, 6) is 0.334. The Morgan fingerprint density at radius 3 is 2.19 bits per heavy atom. The number of hydrogen-bond donors (Lipinski definition) is 3. The molecular weight excluding hydrogens is 593 g/mol. The molecule has 0 bridgehead atoms. The lowest BCUT2D eigenvalue weighted by molar-refractivity contribution is -0.141. The molecule has 0 atom stereocenters. The van der Waals surface area contributed by atoms with Gasteiger partial charge >= 0.3 is 0 Å². The minimum Gasteiger partial charge on any atom is -0.369 e. The van der Waals surface area contributed by atoms with Gasteiger partial charge in [0.1, 0.15) is 5.52 Å². The highest BCUT2D eigenvalue weighted by Gasteiger charge is 2.37. The van der Waals surface area contributed by atoms with Gasteiger partial charge < -0.3 is 16.4 Å². The number of imide groups is 1. The van der Waals surface area contributed by atoms with E-state index >= 15 is 0 Å². The van der Waals surface area contributed by atoms with Crippen LogP contribution >= 0.6 is 23.2 Å². The number of hydrogen-bond acceptors (Lipinski definition) is 9. The van der Waals surface area contributed by atoms with Gasteiger partial charge in [-0.05, 0) is 63.5 Å². The van der Waals surface area contributed by atoms with E-state index in [4.69, 9.17) is 38.9 Å². The summed E-state index contributed by atoms with van der Waals surface area (Å²) < 4.78 is 2.01. The number of likely N-dealkylation sites (tertiary alicyclic amines) is 1. The van der Waals surface area contributed by atoms with Crippen molar-refractivity contribution in [2.75, 3.05) is 10.6 Å². The van der Waals surface area contributed by atoms with Gasteiger partial charge in [-0.25, -0.2) is 9.97 Å². The summed E-state index contributed by atoms with van der Waals surface area (Å²) in [6, 6.07) is 5.14. The number of nitriles is 1. The minimum absolute atomic E-state index is 0.0206. The van der Waals surface area contributed by atoms with Crippen molar-refractivity contribution in [1.29, 1.82) is 5.26 Å². The Balaban J connectivity index is 1.26. The summed E-state index contributed by atoms with van der Waals surface area (Å²) in [6.07, 6.45) is 8.02. The second-order valence-corrected chi connectivity index (χ2v) is 12.3. The Bertz CT molecular complexity index is 1600. The van der Waals surface area contributed by atoms with Crippen LogP contribution in [0.2, 0.25) is 10.0 Å². The number of nitrogens with zero attached hydrogens (tertiary/aromatic N) is 6. The van der Waals surface area contributed by atoms with Crippen molar-refractivity contribution in [2.24, 2.45) is 11.7 Å². The summed E-state index contributed by atoms with van der Waals surface area (Å²) in [7, 11) is 0. The zero-order chi connectivity index (χ0) is 30.2. The largest absolute Gasteiger partial charge is 0.369 e. The maximum absolute atomic E-state index is 12.2. The fourth-order valence-electron chi connectivity index (χ4n) is 6.54. The van der Waals surface area contributed by atoms with E-state index in [1.807, 2.05) is 10.6 Å². The van der Waals surface area contributed by atoms with Gasteiger partial charge in [-0.15, -0.1) is 0 Å². The summed E-state index contributed by atoms with van der Waals surface area (Å²) in [4.78, 5) is 51.8. The van der Waals surface area contributed by atoms with Crippen LogP contribution in [0.5, 0.6) is 0 Å². The summed E-state index contributed by atoms with van der Waals surface area (Å²) >= 11 is 13.0. The second-order valence-electron chi connectivity index (χ2n) is 11.5. The highest BCUT2D eigenvalue weighted by molar-refractivity contribution is 6.39. The summed E-state index contributed by atoms with van der Waals surface area (Å²) in [5, 5.41) is 16.5. The number of aromatic nitrogens is 4. The molecule has 224 valence electrons. The number of rotatable bonds is 7. The summed E-state index contributed by atoms with van der Waals surface area (Å²) in [5.41, 5.74) is 7.54. The highest BCUT2D eigenvalue weighted by atomic mass is 35.5. The third kappa shape index (κ3) is 5.84. The number of amides is 3. The standard InChI is InChI=1S/C29H31Cl2N9O3/c30-20-11-15(13-32)12-21(31)25(20)37-29-36-22-14-34-28(38-27(22)40(29)19-5-1-16(2-6-19)26(33)43)35-17-3-7-18(8-4-17)39-23(41)9-10-24(39)42/h11-12,14,16-19H,1-10H2,(H2,33,43)(H,36,37)(H,34,35,38)/t16-,17?,18?,19+. The van der Waals surface area contributed by atoms with Crippen LogP contribution in [0, 0.1) is 17.2 Å². The van der Waals surface area contributed by atoms with Gasteiger partial charge in [0.05, 0.1) is 33.6 Å². The summed E-state index contributed by atoms with van der Waals surface area (Å²) in [6.45, 7) is 0. The van der Waals surface area contributed by atoms with E-state index < -0.39 is 0 Å². The number of halogens is 2. The molecule has 6 rings (SSSR count). The number of fused-ring (bicyclic) bond motifs is 1. The van der Waals surface area contributed by atoms with Crippen molar-refractivity contribution >= 4 is 69.7 Å². The van der Waals surface area contributed by atoms with E-state index in [-0.39, 0.29) is 51.8 Å². The quantitative estimate of drug-likeness (QED) is 0.311. The molecule has 1 aromatic carbocycles. The number of nitrogens with two attached hydrogens (primary N) is 1. The Kier molecular flexibility index (Phi) is 8.11. The molecule has 0 unspecified atom stereocenters. The van der Waals surface area contributed by atoms with Gasteiger partial charge in [-0.1, -0.05) is 23.2 Å². The molecule has 3 amide bonds.